The maximum Gasteiger partial charge on any atom is 0.411 e. The van der Waals surface area contributed by atoms with Crippen LogP contribution in [0.1, 0.15) is 25.7 Å². The van der Waals surface area contributed by atoms with Crippen molar-refractivity contribution in [1.82, 2.24) is 14.8 Å². The quantitative estimate of drug-likeness (QED) is 0.582. The number of halogens is 3. The van der Waals surface area contributed by atoms with E-state index in [0.717, 1.165) is 11.8 Å². The van der Waals surface area contributed by atoms with Crippen LogP contribution in [0.15, 0.2) is 5.16 Å². The molecule has 1 aromatic rings. The summed E-state index contributed by atoms with van der Waals surface area (Å²) < 4.78 is 42.1. The molecule has 6 nitrogen and oxygen atoms in total. The molecule has 120 valence electrons. The lowest BCUT2D eigenvalue weighted by atomic mass is 10.3. The topological polar surface area (TPSA) is 77.2 Å². The molecule has 1 N–H and O–H groups in total. The van der Waals surface area contributed by atoms with Crippen LogP contribution in [-0.2, 0) is 16.0 Å². The third kappa shape index (κ3) is 6.34. The highest BCUT2D eigenvalue weighted by molar-refractivity contribution is 7.99. The van der Waals surface area contributed by atoms with Gasteiger partial charge >= 0.3 is 12.1 Å². The summed E-state index contributed by atoms with van der Waals surface area (Å²) in [4.78, 5) is 10.6. The lowest BCUT2D eigenvalue weighted by molar-refractivity contribution is -0.173. The fourth-order valence-electron chi connectivity index (χ4n) is 1.57. The van der Waals surface area contributed by atoms with Gasteiger partial charge in [0.25, 0.3) is 0 Å². The minimum absolute atomic E-state index is 0.0334. The lowest BCUT2D eigenvalue weighted by Gasteiger charge is -2.13. The number of aliphatic carboxylic acids is 1. The number of ether oxygens (including phenoxy) is 1. The van der Waals surface area contributed by atoms with Crippen molar-refractivity contribution in [2.24, 2.45) is 0 Å². The van der Waals surface area contributed by atoms with Gasteiger partial charge in [-0.2, -0.15) is 13.2 Å². The Morgan fingerprint density at radius 2 is 2.10 bits per heavy atom. The SMILES string of the molecule is CC(C)n1c(CCOCC(F)(F)F)nnc1SCC(=O)O. The van der Waals surface area contributed by atoms with Gasteiger partial charge in [-0.05, 0) is 13.8 Å². The molecule has 0 atom stereocenters. The van der Waals surface area contributed by atoms with Crippen LogP contribution in [0.5, 0.6) is 0 Å². The van der Waals surface area contributed by atoms with Gasteiger partial charge in [-0.3, -0.25) is 4.79 Å². The molecule has 0 bridgehead atoms. The van der Waals surface area contributed by atoms with Crippen molar-refractivity contribution in [3.05, 3.63) is 5.82 Å². The first kappa shape index (κ1) is 17.8. The summed E-state index contributed by atoms with van der Waals surface area (Å²) in [6.45, 7) is 2.28. The van der Waals surface area contributed by atoms with Crippen molar-refractivity contribution in [3.8, 4) is 0 Å². The number of carboxylic acids is 1. The zero-order valence-corrected chi connectivity index (χ0v) is 12.4. The molecule has 0 fully saturated rings. The highest BCUT2D eigenvalue weighted by atomic mass is 32.2. The van der Waals surface area contributed by atoms with Crippen LogP contribution in [0.4, 0.5) is 13.2 Å². The maximum absolute atomic E-state index is 12.0. The monoisotopic (exact) mass is 327 g/mol. The largest absolute Gasteiger partial charge is 0.481 e. The van der Waals surface area contributed by atoms with E-state index in [0.29, 0.717) is 11.0 Å². The highest BCUT2D eigenvalue weighted by Crippen LogP contribution is 2.22. The standard InChI is InChI=1S/C11H16F3N3O3S/c1-7(2)17-8(3-4-20-6-11(12,13)14)15-16-10(17)21-5-9(18)19/h7H,3-6H2,1-2H3,(H,18,19). The first-order valence-corrected chi connectivity index (χ1v) is 7.12. The summed E-state index contributed by atoms with van der Waals surface area (Å²) in [5, 5.41) is 16.8. The fraction of sp³-hybridized carbons (Fsp3) is 0.727. The van der Waals surface area contributed by atoms with Crippen molar-refractivity contribution in [2.45, 2.75) is 37.6 Å². The predicted octanol–water partition coefficient (Wildman–Crippen LogP) is 2.16. The number of thioether (sulfide) groups is 1. The maximum atomic E-state index is 12.0. The molecule has 1 heterocycles. The zero-order chi connectivity index (χ0) is 16.0. The van der Waals surface area contributed by atoms with Gasteiger partial charge in [-0.25, -0.2) is 0 Å². The van der Waals surface area contributed by atoms with Crippen LogP contribution in [0.2, 0.25) is 0 Å². The van der Waals surface area contributed by atoms with Gasteiger partial charge in [0, 0.05) is 12.5 Å². The van der Waals surface area contributed by atoms with E-state index < -0.39 is 18.8 Å². The van der Waals surface area contributed by atoms with Crippen molar-refractivity contribution in [1.29, 1.82) is 0 Å². The van der Waals surface area contributed by atoms with Crippen LogP contribution in [0, 0.1) is 0 Å². The smallest absolute Gasteiger partial charge is 0.411 e. The fourth-order valence-corrected chi connectivity index (χ4v) is 2.38. The molecule has 0 saturated heterocycles. The van der Waals surface area contributed by atoms with Crippen molar-refractivity contribution in [2.75, 3.05) is 19.0 Å². The summed E-state index contributed by atoms with van der Waals surface area (Å²) in [5.41, 5.74) is 0. The van der Waals surface area contributed by atoms with Gasteiger partial charge < -0.3 is 14.4 Å². The van der Waals surface area contributed by atoms with Gasteiger partial charge in [0.05, 0.1) is 12.4 Å². The average Bonchev–Trinajstić information content (AvgIpc) is 2.74. The first-order valence-electron chi connectivity index (χ1n) is 6.13. The van der Waals surface area contributed by atoms with Gasteiger partial charge in [-0.1, -0.05) is 11.8 Å². The Morgan fingerprint density at radius 3 is 2.62 bits per heavy atom. The summed E-state index contributed by atoms with van der Waals surface area (Å²) in [5.74, 6) is -0.663. The van der Waals surface area contributed by atoms with E-state index >= 15 is 0 Å². The van der Waals surface area contributed by atoms with Crippen LogP contribution in [-0.4, -0.2) is 51.0 Å². The van der Waals surface area contributed by atoms with E-state index in [2.05, 4.69) is 14.9 Å². The van der Waals surface area contributed by atoms with Crippen molar-refractivity contribution >= 4 is 17.7 Å². The number of hydrogen-bond donors (Lipinski definition) is 1. The zero-order valence-electron chi connectivity index (χ0n) is 11.6. The number of alkyl halides is 3. The normalized spacial score (nSPS) is 12.1. The summed E-state index contributed by atoms with van der Waals surface area (Å²) in [6, 6.07) is -0.0334. The molecule has 0 aromatic carbocycles. The molecule has 21 heavy (non-hydrogen) atoms. The number of hydrogen-bond acceptors (Lipinski definition) is 5. The third-order valence-electron chi connectivity index (χ3n) is 2.31. The minimum atomic E-state index is -4.35. The Bertz CT molecular complexity index is 477. The number of aromatic nitrogens is 3. The molecule has 1 rings (SSSR count). The summed E-state index contributed by atoms with van der Waals surface area (Å²) in [7, 11) is 0. The van der Waals surface area contributed by atoms with Crippen LogP contribution >= 0.6 is 11.8 Å². The summed E-state index contributed by atoms with van der Waals surface area (Å²) in [6.07, 6.45) is -4.18. The van der Waals surface area contributed by atoms with Crippen LogP contribution < -0.4 is 0 Å². The first-order chi connectivity index (χ1) is 9.70. The Hall–Kier alpha value is -1.29. The van der Waals surface area contributed by atoms with Gasteiger partial charge in [0.2, 0.25) is 0 Å². The Morgan fingerprint density at radius 1 is 1.43 bits per heavy atom. The molecule has 0 radical (unpaired) electrons. The molecule has 0 saturated carbocycles. The van der Waals surface area contributed by atoms with E-state index in [9.17, 15) is 18.0 Å². The molecule has 0 spiro atoms. The third-order valence-corrected chi connectivity index (χ3v) is 3.24. The molecule has 10 heteroatoms. The molecule has 0 unspecified atom stereocenters. The molecule has 0 aliphatic heterocycles. The minimum Gasteiger partial charge on any atom is -0.481 e. The number of nitrogens with zero attached hydrogens (tertiary/aromatic N) is 3. The second-order valence-electron chi connectivity index (χ2n) is 4.46. The molecule has 0 aliphatic rings. The molecule has 0 aliphatic carbocycles. The Labute approximate surface area is 123 Å². The van der Waals surface area contributed by atoms with E-state index in [-0.39, 0.29) is 24.8 Å². The molecular formula is C11H16F3N3O3S. The second kappa shape index (κ2) is 7.64. The second-order valence-corrected chi connectivity index (χ2v) is 5.41. The lowest BCUT2D eigenvalue weighted by Crippen LogP contribution is -2.19. The molecular weight excluding hydrogens is 311 g/mol. The predicted molar refractivity (Wildman–Crippen MR) is 69.3 cm³/mol. The molecule has 0 amide bonds. The van der Waals surface area contributed by atoms with Gasteiger partial charge in [-0.15, -0.1) is 10.2 Å². The van der Waals surface area contributed by atoms with E-state index in [1.54, 1.807) is 4.57 Å². The Kier molecular flexibility index (Phi) is 6.46. The number of rotatable bonds is 8. The van der Waals surface area contributed by atoms with Crippen LogP contribution in [0.25, 0.3) is 0 Å². The molecule has 1 aromatic heterocycles. The van der Waals surface area contributed by atoms with E-state index in [1.807, 2.05) is 13.8 Å². The van der Waals surface area contributed by atoms with E-state index in [1.165, 1.54) is 0 Å². The van der Waals surface area contributed by atoms with Crippen molar-refractivity contribution in [3.63, 3.8) is 0 Å². The van der Waals surface area contributed by atoms with Crippen molar-refractivity contribution < 1.29 is 27.8 Å². The Balaban J connectivity index is 2.63. The van der Waals surface area contributed by atoms with E-state index in [4.69, 9.17) is 5.11 Å². The average molecular weight is 327 g/mol. The summed E-state index contributed by atoms with van der Waals surface area (Å²) >= 11 is 1.02. The highest BCUT2D eigenvalue weighted by Gasteiger charge is 2.27. The number of carbonyl (C=O) groups is 1. The van der Waals surface area contributed by atoms with Gasteiger partial charge in [0.15, 0.2) is 5.16 Å². The van der Waals surface area contributed by atoms with Gasteiger partial charge in [0.1, 0.15) is 12.4 Å². The van der Waals surface area contributed by atoms with Crippen LogP contribution in [0.3, 0.4) is 0 Å². The number of carboxylic acid groups (broad SMARTS) is 1.